The number of hydrogen-bond acceptors (Lipinski definition) is 5. The second kappa shape index (κ2) is 10.6. The van der Waals surface area contributed by atoms with E-state index in [0.29, 0.717) is 0 Å². The summed E-state index contributed by atoms with van der Waals surface area (Å²) in [5, 5.41) is 12.2. The molecule has 1 aliphatic carbocycles. The Kier molecular flexibility index (Phi) is 7.56. The van der Waals surface area contributed by atoms with E-state index in [1.165, 1.54) is 39.0 Å². The molecule has 3 aromatic rings. The van der Waals surface area contributed by atoms with Gasteiger partial charge >= 0.3 is 12.1 Å². The van der Waals surface area contributed by atoms with Crippen molar-refractivity contribution in [1.29, 1.82) is 0 Å². The fourth-order valence-electron chi connectivity index (χ4n) is 4.35. The van der Waals surface area contributed by atoms with Gasteiger partial charge in [-0.3, -0.25) is 14.4 Å². The van der Waals surface area contributed by atoms with Gasteiger partial charge in [-0.05, 0) is 37.1 Å². The molecule has 1 aliphatic rings. The van der Waals surface area contributed by atoms with E-state index in [1.54, 1.807) is 30.4 Å². The molecule has 208 valence electrons. The van der Waals surface area contributed by atoms with E-state index in [9.17, 15) is 32.7 Å². The lowest BCUT2D eigenvalue weighted by atomic mass is 9.70. The number of rotatable bonds is 8. The SMILES string of the molecule is CC(C(=O)C1(NC(=O)c2nc(-c3ccccc3)oc2C(F)(F)F)C=CC(c2ccccc2)=CC1)C(C)(C)C(=O)O. The average Bonchev–Trinajstić information content (AvgIpc) is 3.40. The molecule has 0 bridgehead atoms. The summed E-state index contributed by atoms with van der Waals surface area (Å²) in [5.41, 5.74) is -2.62. The molecule has 0 saturated carbocycles. The van der Waals surface area contributed by atoms with Gasteiger partial charge in [0.1, 0.15) is 5.54 Å². The zero-order chi connectivity index (χ0) is 29.3. The molecule has 1 heterocycles. The van der Waals surface area contributed by atoms with Crippen LogP contribution in [0.5, 0.6) is 0 Å². The lowest BCUT2D eigenvalue weighted by Gasteiger charge is -2.37. The van der Waals surface area contributed by atoms with Gasteiger partial charge in [0, 0.05) is 17.9 Å². The molecule has 4 rings (SSSR count). The predicted octanol–water partition coefficient (Wildman–Crippen LogP) is 6.19. The molecule has 2 aromatic carbocycles. The summed E-state index contributed by atoms with van der Waals surface area (Å²) >= 11 is 0. The van der Waals surface area contributed by atoms with Gasteiger partial charge in [0.05, 0.1) is 5.41 Å². The van der Waals surface area contributed by atoms with E-state index in [1.807, 2.05) is 30.3 Å². The Bertz CT molecular complexity index is 1490. The van der Waals surface area contributed by atoms with Crippen molar-refractivity contribution in [3.05, 3.63) is 95.9 Å². The van der Waals surface area contributed by atoms with Crippen molar-refractivity contribution in [2.75, 3.05) is 0 Å². The number of nitrogens with one attached hydrogen (secondary N) is 1. The molecule has 40 heavy (non-hydrogen) atoms. The van der Waals surface area contributed by atoms with Crippen LogP contribution in [0.15, 0.2) is 83.3 Å². The van der Waals surface area contributed by atoms with Crippen LogP contribution >= 0.6 is 0 Å². The van der Waals surface area contributed by atoms with Crippen molar-refractivity contribution >= 4 is 23.2 Å². The highest BCUT2D eigenvalue weighted by Crippen LogP contribution is 2.38. The molecule has 2 N–H and O–H groups in total. The minimum Gasteiger partial charge on any atom is -0.481 e. The molecule has 7 nitrogen and oxygen atoms in total. The van der Waals surface area contributed by atoms with E-state index in [0.717, 1.165) is 11.1 Å². The molecule has 2 atom stereocenters. The van der Waals surface area contributed by atoms with Gasteiger partial charge in [0.15, 0.2) is 11.5 Å². The van der Waals surface area contributed by atoms with Gasteiger partial charge in [0.25, 0.3) is 5.91 Å². The Morgan fingerprint density at radius 3 is 2.08 bits per heavy atom. The zero-order valence-electron chi connectivity index (χ0n) is 22.0. The van der Waals surface area contributed by atoms with Crippen LogP contribution in [0.2, 0.25) is 0 Å². The molecule has 1 amide bonds. The standard InChI is InChI=1S/C30H27F3N2O5/c1-18(28(2,3)27(38)39)23(36)29(16-14-20(15-17-29)19-10-6-4-7-11-19)35-25(37)22-24(30(31,32)33)40-26(34-22)21-12-8-5-9-13-21/h4-16,18H,17H2,1-3H3,(H,35,37)(H,38,39). The number of carboxylic acids is 1. The third kappa shape index (κ3) is 5.47. The fraction of sp³-hybridized carbons (Fsp3) is 0.267. The molecule has 2 unspecified atom stereocenters. The second-order valence-corrected chi connectivity index (χ2v) is 10.2. The van der Waals surface area contributed by atoms with E-state index < -0.39 is 58.1 Å². The van der Waals surface area contributed by atoms with Gasteiger partial charge in [-0.1, -0.05) is 73.7 Å². The number of Topliss-reactive ketones (excluding diaryl/α,β-unsaturated/α-hetero) is 1. The molecule has 0 fully saturated rings. The third-order valence-corrected chi connectivity index (χ3v) is 7.22. The van der Waals surface area contributed by atoms with Gasteiger partial charge in [-0.2, -0.15) is 13.2 Å². The molecule has 10 heteroatoms. The van der Waals surface area contributed by atoms with Gasteiger partial charge in [-0.15, -0.1) is 0 Å². The summed E-state index contributed by atoms with van der Waals surface area (Å²) in [6, 6.07) is 16.9. The second-order valence-electron chi connectivity index (χ2n) is 10.2. The maximum atomic E-state index is 13.9. The number of nitrogens with zero attached hydrogens (tertiary/aromatic N) is 1. The fourth-order valence-corrected chi connectivity index (χ4v) is 4.35. The van der Waals surface area contributed by atoms with Crippen molar-refractivity contribution in [2.45, 2.75) is 38.9 Å². The van der Waals surface area contributed by atoms with Gasteiger partial charge in [-0.25, -0.2) is 4.98 Å². The average molecular weight is 553 g/mol. The number of allylic oxidation sites excluding steroid dienone is 2. The first-order chi connectivity index (χ1) is 18.8. The number of benzene rings is 2. The Labute approximate surface area is 228 Å². The van der Waals surface area contributed by atoms with Crippen LogP contribution in [0.3, 0.4) is 0 Å². The number of aliphatic carboxylic acids is 1. The van der Waals surface area contributed by atoms with E-state index in [2.05, 4.69) is 10.3 Å². The third-order valence-electron chi connectivity index (χ3n) is 7.22. The highest BCUT2D eigenvalue weighted by molar-refractivity contribution is 6.03. The van der Waals surface area contributed by atoms with Crippen molar-refractivity contribution < 1.29 is 37.1 Å². The van der Waals surface area contributed by atoms with Crippen molar-refractivity contribution in [3.8, 4) is 11.5 Å². The summed E-state index contributed by atoms with van der Waals surface area (Å²) in [6.45, 7) is 4.16. The topological polar surface area (TPSA) is 110 Å². The quantitative estimate of drug-likeness (QED) is 0.345. The number of hydrogen-bond donors (Lipinski definition) is 2. The smallest absolute Gasteiger partial charge is 0.452 e. The zero-order valence-corrected chi connectivity index (χ0v) is 22.0. The van der Waals surface area contributed by atoms with Gasteiger partial charge < -0.3 is 14.8 Å². The highest BCUT2D eigenvalue weighted by Gasteiger charge is 2.49. The van der Waals surface area contributed by atoms with Crippen LogP contribution in [0.25, 0.3) is 17.0 Å². The number of halogens is 3. The first kappa shape index (κ1) is 28.5. The van der Waals surface area contributed by atoms with Crippen LogP contribution in [-0.2, 0) is 15.8 Å². The Morgan fingerprint density at radius 1 is 1.00 bits per heavy atom. The van der Waals surface area contributed by atoms with Gasteiger partial charge in [0.2, 0.25) is 11.7 Å². The van der Waals surface area contributed by atoms with E-state index in [4.69, 9.17) is 4.42 Å². The number of carboxylic acid groups (broad SMARTS) is 1. The maximum absolute atomic E-state index is 13.9. The molecule has 0 spiro atoms. The first-order valence-corrected chi connectivity index (χ1v) is 12.4. The predicted molar refractivity (Wildman–Crippen MR) is 141 cm³/mol. The lowest BCUT2D eigenvalue weighted by Crippen LogP contribution is -2.57. The largest absolute Gasteiger partial charge is 0.481 e. The van der Waals surface area contributed by atoms with E-state index >= 15 is 0 Å². The Morgan fingerprint density at radius 2 is 1.57 bits per heavy atom. The van der Waals surface area contributed by atoms with Crippen LogP contribution in [0.4, 0.5) is 13.2 Å². The number of oxazole rings is 1. The number of carbonyl (C=O) groups is 3. The number of ketones is 1. The summed E-state index contributed by atoms with van der Waals surface area (Å²) in [6.07, 6.45) is -0.513. The number of alkyl halides is 3. The number of aromatic nitrogens is 1. The molecule has 0 saturated heterocycles. The maximum Gasteiger partial charge on any atom is 0.452 e. The molecule has 1 aromatic heterocycles. The molecule has 0 radical (unpaired) electrons. The monoisotopic (exact) mass is 552 g/mol. The van der Waals surface area contributed by atoms with E-state index in [-0.39, 0.29) is 12.0 Å². The van der Waals surface area contributed by atoms with Crippen molar-refractivity contribution in [1.82, 2.24) is 10.3 Å². The molecular formula is C30H27F3N2O5. The number of carbonyl (C=O) groups excluding carboxylic acids is 2. The van der Waals surface area contributed by atoms with Crippen molar-refractivity contribution in [3.63, 3.8) is 0 Å². The molecular weight excluding hydrogens is 525 g/mol. The summed E-state index contributed by atoms with van der Waals surface area (Å²) in [4.78, 5) is 43.1. The van der Waals surface area contributed by atoms with Crippen LogP contribution < -0.4 is 5.32 Å². The highest BCUT2D eigenvalue weighted by atomic mass is 19.4. The van der Waals surface area contributed by atoms with Crippen LogP contribution in [0.1, 0.15) is 49.0 Å². The minimum atomic E-state index is -5.05. The first-order valence-electron chi connectivity index (χ1n) is 12.4. The summed E-state index contributed by atoms with van der Waals surface area (Å²) in [5.74, 6) is -6.34. The summed E-state index contributed by atoms with van der Waals surface area (Å²) in [7, 11) is 0. The minimum absolute atomic E-state index is 0.122. The normalized spacial score (nSPS) is 18.1. The summed E-state index contributed by atoms with van der Waals surface area (Å²) < 4.78 is 46.7. The Hall–Kier alpha value is -4.47. The Balaban J connectivity index is 1.76. The molecule has 0 aliphatic heterocycles. The van der Waals surface area contributed by atoms with Crippen molar-refractivity contribution in [2.24, 2.45) is 11.3 Å². The number of amides is 1. The van der Waals surface area contributed by atoms with Crippen LogP contribution in [0, 0.1) is 11.3 Å². The van der Waals surface area contributed by atoms with Crippen LogP contribution in [-0.4, -0.2) is 33.3 Å². The lowest BCUT2D eigenvalue weighted by molar-refractivity contribution is -0.154.